The number of carbonyl (C=O) groups is 1. The first-order valence-corrected chi connectivity index (χ1v) is 6.23. The van der Waals surface area contributed by atoms with E-state index in [1.54, 1.807) is 12.1 Å². The molecule has 2 rings (SSSR count). The van der Waals surface area contributed by atoms with E-state index < -0.39 is 5.97 Å². The first-order valence-electron chi connectivity index (χ1n) is 6.23. The third kappa shape index (κ3) is 2.79. The molecular formula is C13H19N3O2. The van der Waals surface area contributed by atoms with E-state index in [1.807, 2.05) is 0 Å². The Morgan fingerprint density at radius 3 is 3.06 bits per heavy atom. The maximum absolute atomic E-state index is 11.1. The van der Waals surface area contributed by atoms with Gasteiger partial charge in [0.1, 0.15) is 0 Å². The summed E-state index contributed by atoms with van der Waals surface area (Å²) in [5.41, 5.74) is 0.718. The number of hydrogen-bond donors (Lipinski definition) is 2. The van der Waals surface area contributed by atoms with Crippen molar-refractivity contribution in [1.29, 1.82) is 0 Å². The molecule has 1 fully saturated rings. The van der Waals surface area contributed by atoms with Gasteiger partial charge in [0.25, 0.3) is 0 Å². The number of likely N-dealkylation sites (tertiary alicyclic amines) is 1. The Morgan fingerprint density at radius 2 is 2.39 bits per heavy atom. The SMILES string of the molecule is CC1CC(Nc2cccnc2C(=O)O)CCN1C. The maximum Gasteiger partial charge on any atom is 0.356 e. The lowest BCUT2D eigenvalue weighted by atomic mass is 9.98. The molecule has 1 aliphatic heterocycles. The number of aromatic nitrogens is 1. The lowest BCUT2D eigenvalue weighted by Gasteiger charge is -2.35. The van der Waals surface area contributed by atoms with Crippen LogP contribution in [0.1, 0.15) is 30.3 Å². The molecule has 0 saturated carbocycles. The number of pyridine rings is 1. The van der Waals surface area contributed by atoms with Gasteiger partial charge in [0.2, 0.25) is 0 Å². The second-order valence-corrected chi connectivity index (χ2v) is 4.90. The molecule has 0 aromatic carbocycles. The molecule has 0 bridgehead atoms. The van der Waals surface area contributed by atoms with Crippen LogP contribution in [0.2, 0.25) is 0 Å². The average Bonchev–Trinajstić information content (AvgIpc) is 2.34. The van der Waals surface area contributed by atoms with Crippen LogP contribution >= 0.6 is 0 Å². The van der Waals surface area contributed by atoms with Gasteiger partial charge < -0.3 is 15.3 Å². The Hall–Kier alpha value is -1.62. The van der Waals surface area contributed by atoms with Gasteiger partial charge in [-0.3, -0.25) is 0 Å². The van der Waals surface area contributed by atoms with E-state index in [0.717, 1.165) is 19.4 Å². The lowest BCUT2D eigenvalue weighted by molar-refractivity contribution is 0.0691. The predicted molar refractivity (Wildman–Crippen MR) is 69.9 cm³/mol. The van der Waals surface area contributed by atoms with Gasteiger partial charge in [0.15, 0.2) is 5.69 Å². The zero-order valence-electron chi connectivity index (χ0n) is 10.8. The lowest BCUT2D eigenvalue weighted by Crippen LogP contribution is -2.42. The highest BCUT2D eigenvalue weighted by Crippen LogP contribution is 2.21. The Balaban J connectivity index is 2.08. The zero-order valence-corrected chi connectivity index (χ0v) is 10.8. The number of aromatic carboxylic acids is 1. The summed E-state index contributed by atoms with van der Waals surface area (Å²) < 4.78 is 0. The summed E-state index contributed by atoms with van der Waals surface area (Å²) in [5.74, 6) is -0.987. The molecule has 2 unspecified atom stereocenters. The Kier molecular flexibility index (Phi) is 3.81. The number of carboxylic acid groups (broad SMARTS) is 1. The van der Waals surface area contributed by atoms with E-state index in [9.17, 15) is 4.79 Å². The molecule has 0 radical (unpaired) electrons. The minimum absolute atomic E-state index is 0.101. The van der Waals surface area contributed by atoms with Gasteiger partial charge in [0.05, 0.1) is 5.69 Å². The molecule has 98 valence electrons. The van der Waals surface area contributed by atoms with Crippen molar-refractivity contribution in [2.45, 2.75) is 31.8 Å². The topological polar surface area (TPSA) is 65.5 Å². The highest BCUT2D eigenvalue weighted by molar-refractivity contribution is 5.91. The molecule has 5 nitrogen and oxygen atoms in total. The summed E-state index contributed by atoms with van der Waals surface area (Å²) in [6.45, 7) is 3.22. The van der Waals surface area contributed by atoms with Crippen LogP contribution in [0.5, 0.6) is 0 Å². The van der Waals surface area contributed by atoms with E-state index >= 15 is 0 Å². The highest BCUT2D eigenvalue weighted by atomic mass is 16.4. The molecule has 2 N–H and O–H groups in total. The number of anilines is 1. The smallest absolute Gasteiger partial charge is 0.356 e. The van der Waals surface area contributed by atoms with Crippen molar-refractivity contribution in [3.63, 3.8) is 0 Å². The number of nitrogens with one attached hydrogen (secondary N) is 1. The summed E-state index contributed by atoms with van der Waals surface area (Å²) in [4.78, 5) is 17.3. The van der Waals surface area contributed by atoms with Crippen LogP contribution < -0.4 is 5.32 Å². The van der Waals surface area contributed by atoms with Gasteiger partial charge in [-0.1, -0.05) is 0 Å². The Bertz CT molecular complexity index is 436. The second kappa shape index (κ2) is 5.35. The van der Waals surface area contributed by atoms with Gasteiger partial charge >= 0.3 is 5.97 Å². The van der Waals surface area contributed by atoms with E-state index in [0.29, 0.717) is 17.8 Å². The number of carboxylic acids is 1. The minimum atomic E-state index is -0.987. The molecule has 1 aromatic heterocycles. The van der Waals surface area contributed by atoms with E-state index in [1.165, 1.54) is 6.20 Å². The minimum Gasteiger partial charge on any atom is -0.476 e. The maximum atomic E-state index is 11.1. The van der Waals surface area contributed by atoms with E-state index in [-0.39, 0.29) is 5.69 Å². The van der Waals surface area contributed by atoms with Crippen molar-refractivity contribution in [3.8, 4) is 0 Å². The van der Waals surface area contributed by atoms with Crippen molar-refractivity contribution in [1.82, 2.24) is 9.88 Å². The monoisotopic (exact) mass is 249 g/mol. The van der Waals surface area contributed by atoms with Crippen molar-refractivity contribution in [3.05, 3.63) is 24.0 Å². The fraction of sp³-hybridized carbons (Fsp3) is 0.538. The van der Waals surface area contributed by atoms with Crippen molar-refractivity contribution in [2.75, 3.05) is 18.9 Å². The molecular weight excluding hydrogens is 230 g/mol. The van der Waals surface area contributed by atoms with Gasteiger partial charge in [-0.2, -0.15) is 0 Å². The van der Waals surface area contributed by atoms with Gasteiger partial charge in [-0.25, -0.2) is 9.78 Å². The molecule has 2 atom stereocenters. The highest BCUT2D eigenvalue weighted by Gasteiger charge is 2.23. The van der Waals surface area contributed by atoms with Crippen LogP contribution in [-0.2, 0) is 0 Å². The molecule has 18 heavy (non-hydrogen) atoms. The third-order valence-corrected chi connectivity index (χ3v) is 3.58. The molecule has 2 heterocycles. The number of rotatable bonds is 3. The second-order valence-electron chi connectivity index (χ2n) is 4.90. The number of nitrogens with zero attached hydrogens (tertiary/aromatic N) is 2. The van der Waals surface area contributed by atoms with Gasteiger partial charge in [-0.05, 0) is 38.9 Å². The van der Waals surface area contributed by atoms with Crippen molar-refractivity contribution < 1.29 is 9.90 Å². The zero-order chi connectivity index (χ0) is 13.1. The van der Waals surface area contributed by atoms with Crippen LogP contribution in [0.15, 0.2) is 18.3 Å². The fourth-order valence-electron chi connectivity index (χ4n) is 2.33. The largest absolute Gasteiger partial charge is 0.476 e. The summed E-state index contributed by atoms with van der Waals surface area (Å²) in [6, 6.07) is 4.37. The van der Waals surface area contributed by atoms with E-state index in [4.69, 9.17) is 5.11 Å². The molecule has 0 amide bonds. The van der Waals surface area contributed by atoms with Crippen LogP contribution in [0.4, 0.5) is 5.69 Å². The first kappa shape index (κ1) is 12.8. The summed E-state index contributed by atoms with van der Waals surface area (Å²) in [5, 5.41) is 12.4. The average molecular weight is 249 g/mol. The first-order chi connectivity index (χ1) is 8.58. The summed E-state index contributed by atoms with van der Waals surface area (Å²) >= 11 is 0. The molecule has 5 heteroatoms. The van der Waals surface area contributed by atoms with Crippen LogP contribution in [0.25, 0.3) is 0 Å². The quantitative estimate of drug-likeness (QED) is 0.853. The number of hydrogen-bond acceptors (Lipinski definition) is 4. The molecule has 1 aliphatic rings. The van der Waals surface area contributed by atoms with Crippen molar-refractivity contribution in [2.24, 2.45) is 0 Å². The Morgan fingerprint density at radius 1 is 1.61 bits per heavy atom. The summed E-state index contributed by atoms with van der Waals surface area (Å²) in [7, 11) is 2.12. The normalized spacial score (nSPS) is 24.8. The van der Waals surface area contributed by atoms with E-state index in [2.05, 4.69) is 29.2 Å². The summed E-state index contributed by atoms with van der Waals surface area (Å²) in [6.07, 6.45) is 3.55. The third-order valence-electron chi connectivity index (χ3n) is 3.58. The van der Waals surface area contributed by atoms with Crippen molar-refractivity contribution >= 4 is 11.7 Å². The molecule has 0 aliphatic carbocycles. The van der Waals surface area contributed by atoms with Crippen LogP contribution in [0.3, 0.4) is 0 Å². The van der Waals surface area contributed by atoms with Gasteiger partial charge in [-0.15, -0.1) is 0 Å². The molecule has 1 saturated heterocycles. The standard InChI is InChI=1S/C13H19N3O2/c1-9-8-10(5-7-16(9)2)15-11-4-3-6-14-12(11)13(17)18/h3-4,6,9-10,15H,5,7-8H2,1-2H3,(H,17,18). The molecule has 1 aromatic rings. The molecule has 0 spiro atoms. The van der Waals surface area contributed by atoms with Crippen LogP contribution in [0, 0.1) is 0 Å². The van der Waals surface area contributed by atoms with Gasteiger partial charge in [0, 0.05) is 24.8 Å². The predicted octanol–water partition coefficient (Wildman–Crippen LogP) is 1.67. The number of piperidine rings is 1. The van der Waals surface area contributed by atoms with Crippen LogP contribution in [-0.4, -0.2) is 46.6 Å². The fourth-order valence-corrected chi connectivity index (χ4v) is 2.33. The Labute approximate surface area is 107 Å².